The zero-order chi connectivity index (χ0) is 18.1. The van der Waals surface area contributed by atoms with Crippen molar-refractivity contribution in [1.29, 1.82) is 0 Å². The minimum absolute atomic E-state index is 0.141. The summed E-state index contributed by atoms with van der Waals surface area (Å²) in [5, 5.41) is 9.45. The van der Waals surface area contributed by atoms with Gasteiger partial charge in [-0.05, 0) is 53.6 Å². The van der Waals surface area contributed by atoms with Crippen LogP contribution < -0.4 is 4.90 Å². The number of benzene rings is 3. The van der Waals surface area contributed by atoms with Crippen molar-refractivity contribution in [2.75, 3.05) is 11.9 Å². The molecule has 0 atom stereocenters. The van der Waals surface area contributed by atoms with E-state index in [2.05, 4.69) is 0 Å². The second-order valence-corrected chi connectivity index (χ2v) is 5.50. The smallest absolute Gasteiger partial charge is 0.191 e. The summed E-state index contributed by atoms with van der Waals surface area (Å²) in [7, 11) is 1.34. The molecule has 0 heterocycles. The molecule has 0 amide bonds. The largest absolute Gasteiger partial charge is 0.505 e. The first-order chi connectivity index (χ1) is 11.9. The van der Waals surface area contributed by atoms with E-state index in [0.29, 0.717) is 11.1 Å². The number of aromatic hydroxyl groups is 1. The van der Waals surface area contributed by atoms with Crippen molar-refractivity contribution in [3.05, 3.63) is 77.9 Å². The highest BCUT2D eigenvalue weighted by molar-refractivity contribution is 5.73. The lowest BCUT2D eigenvalue weighted by molar-refractivity contribution is 0.429. The summed E-state index contributed by atoms with van der Waals surface area (Å²) in [5.74, 6) is -3.91. The Kier molecular flexibility index (Phi) is 4.35. The van der Waals surface area contributed by atoms with Gasteiger partial charge in [0, 0.05) is 12.7 Å². The molecule has 0 saturated carbocycles. The van der Waals surface area contributed by atoms with Crippen LogP contribution in [0, 0.1) is 23.3 Å². The maximum Gasteiger partial charge on any atom is 0.191 e. The van der Waals surface area contributed by atoms with Gasteiger partial charge in [0.25, 0.3) is 0 Å². The molecule has 3 aromatic carbocycles. The van der Waals surface area contributed by atoms with Crippen LogP contribution in [0.4, 0.5) is 28.9 Å². The second kappa shape index (κ2) is 6.47. The first kappa shape index (κ1) is 16.8. The van der Waals surface area contributed by atoms with E-state index in [4.69, 9.17) is 0 Å². The third kappa shape index (κ3) is 3.28. The van der Waals surface area contributed by atoms with Crippen LogP contribution in [0.1, 0.15) is 0 Å². The molecule has 128 valence electrons. The molecule has 0 unspecified atom stereocenters. The zero-order valence-corrected chi connectivity index (χ0v) is 13.1. The number of rotatable bonds is 3. The normalized spacial score (nSPS) is 10.8. The highest BCUT2D eigenvalue weighted by Crippen LogP contribution is 2.35. The van der Waals surface area contributed by atoms with Crippen molar-refractivity contribution in [2.24, 2.45) is 0 Å². The molecule has 3 rings (SSSR count). The van der Waals surface area contributed by atoms with Crippen molar-refractivity contribution in [1.82, 2.24) is 0 Å². The molecule has 2 nitrogen and oxygen atoms in total. The first-order valence-corrected chi connectivity index (χ1v) is 7.34. The van der Waals surface area contributed by atoms with E-state index in [1.165, 1.54) is 37.4 Å². The molecule has 0 aromatic heterocycles. The van der Waals surface area contributed by atoms with Gasteiger partial charge in [-0.25, -0.2) is 17.6 Å². The van der Waals surface area contributed by atoms with E-state index in [0.717, 1.165) is 23.1 Å². The topological polar surface area (TPSA) is 23.5 Å². The van der Waals surface area contributed by atoms with Crippen molar-refractivity contribution in [3.8, 4) is 16.9 Å². The fourth-order valence-corrected chi connectivity index (χ4v) is 2.57. The standard InChI is InChI=1S/C19H13F4NO/c1-24(19-16(22)5-6-17(25)18(19)23)15-9-12(8-14(21)10-15)11-3-2-4-13(20)7-11/h2-10,25H,1H3. The van der Waals surface area contributed by atoms with Crippen molar-refractivity contribution >= 4 is 11.4 Å². The van der Waals surface area contributed by atoms with E-state index in [1.54, 1.807) is 6.07 Å². The number of hydrogen-bond donors (Lipinski definition) is 1. The van der Waals surface area contributed by atoms with Crippen molar-refractivity contribution in [2.45, 2.75) is 0 Å². The average Bonchev–Trinajstić information content (AvgIpc) is 2.58. The molecule has 3 aromatic rings. The Morgan fingerprint density at radius 2 is 1.52 bits per heavy atom. The van der Waals surface area contributed by atoms with E-state index in [1.807, 2.05) is 0 Å². The van der Waals surface area contributed by atoms with Crippen LogP contribution in [0.25, 0.3) is 11.1 Å². The second-order valence-electron chi connectivity index (χ2n) is 5.50. The number of nitrogens with zero attached hydrogens (tertiary/aromatic N) is 1. The Balaban J connectivity index is 2.11. The third-order valence-corrected chi connectivity index (χ3v) is 3.81. The number of phenolic OH excluding ortho intramolecular Hbond substituents is 1. The molecule has 0 aliphatic heterocycles. The molecule has 6 heteroatoms. The van der Waals surface area contributed by atoms with Gasteiger partial charge in [0.1, 0.15) is 23.1 Å². The van der Waals surface area contributed by atoms with Gasteiger partial charge in [-0.1, -0.05) is 12.1 Å². The molecule has 0 saturated heterocycles. The monoisotopic (exact) mass is 347 g/mol. The van der Waals surface area contributed by atoms with Gasteiger partial charge < -0.3 is 10.0 Å². The van der Waals surface area contributed by atoms with Gasteiger partial charge in [-0.2, -0.15) is 0 Å². The molecule has 0 fully saturated rings. The average molecular weight is 347 g/mol. The van der Waals surface area contributed by atoms with Gasteiger partial charge >= 0.3 is 0 Å². The summed E-state index contributed by atoms with van der Waals surface area (Å²) in [6, 6.07) is 11.1. The molecular weight excluding hydrogens is 334 g/mol. The minimum Gasteiger partial charge on any atom is -0.505 e. The number of halogens is 4. The maximum absolute atomic E-state index is 14.1. The Morgan fingerprint density at radius 3 is 2.24 bits per heavy atom. The summed E-state index contributed by atoms with van der Waals surface area (Å²) in [6.07, 6.45) is 0. The lowest BCUT2D eigenvalue weighted by Crippen LogP contribution is -2.13. The number of hydrogen-bond acceptors (Lipinski definition) is 2. The van der Waals surface area contributed by atoms with E-state index in [9.17, 15) is 22.7 Å². The van der Waals surface area contributed by atoms with Gasteiger partial charge in [0.05, 0.1) is 0 Å². The van der Waals surface area contributed by atoms with Crippen molar-refractivity contribution in [3.63, 3.8) is 0 Å². The molecule has 0 aliphatic rings. The van der Waals surface area contributed by atoms with Crippen LogP contribution in [-0.4, -0.2) is 12.2 Å². The Bertz CT molecular complexity index is 943. The highest BCUT2D eigenvalue weighted by atomic mass is 19.1. The lowest BCUT2D eigenvalue weighted by atomic mass is 10.0. The van der Waals surface area contributed by atoms with Crippen LogP contribution in [0.3, 0.4) is 0 Å². The van der Waals surface area contributed by atoms with Crippen LogP contribution >= 0.6 is 0 Å². The molecular formula is C19H13F4NO. The summed E-state index contributed by atoms with van der Waals surface area (Å²) >= 11 is 0. The quantitative estimate of drug-likeness (QED) is 0.643. The first-order valence-electron chi connectivity index (χ1n) is 7.34. The summed E-state index contributed by atoms with van der Waals surface area (Å²) in [4.78, 5) is 1.08. The van der Waals surface area contributed by atoms with E-state index in [-0.39, 0.29) is 5.69 Å². The molecule has 0 radical (unpaired) electrons. The van der Waals surface area contributed by atoms with E-state index < -0.39 is 34.7 Å². The summed E-state index contributed by atoms with van der Waals surface area (Å²) < 4.78 is 55.5. The Labute approximate surface area is 141 Å². The fraction of sp³-hybridized carbons (Fsp3) is 0.0526. The van der Waals surface area contributed by atoms with Gasteiger partial charge in [-0.3, -0.25) is 0 Å². The summed E-state index contributed by atoms with van der Waals surface area (Å²) in [5.41, 5.74) is 0.395. The SMILES string of the molecule is CN(c1cc(F)cc(-c2cccc(F)c2)c1)c1c(F)ccc(O)c1F. The zero-order valence-electron chi connectivity index (χ0n) is 13.1. The minimum atomic E-state index is -1.15. The fourth-order valence-electron chi connectivity index (χ4n) is 2.57. The predicted molar refractivity (Wildman–Crippen MR) is 87.9 cm³/mol. The van der Waals surface area contributed by atoms with Gasteiger partial charge in [0.15, 0.2) is 11.6 Å². The number of phenols is 1. The van der Waals surface area contributed by atoms with Crippen molar-refractivity contribution < 1.29 is 22.7 Å². The van der Waals surface area contributed by atoms with Gasteiger partial charge in [0.2, 0.25) is 0 Å². The predicted octanol–water partition coefficient (Wildman–Crippen LogP) is 5.38. The van der Waals surface area contributed by atoms with E-state index >= 15 is 0 Å². The maximum atomic E-state index is 14.1. The molecule has 25 heavy (non-hydrogen) atoms. The molecule has 0 aliphatic carbocycles. The number of anilines is 2. The van der Waals surface area contributed by atoms with Gasteiger partial charge in [-0.15, -0.1) is 0 Å². The van der Waals surface area contributed by atoms with Crippen LogP contribution in [-0.2, 0) is 0 Å². The Hall–Kier alpha value is -3.02. The molecule has 0 spiro atoms. The Morgan fingerprint density at radius 1 is 0.800 bits per heavy atom. The van der Waals surface area contributed by atoms with Crippen LogP contribution in [0.15, 0.2) is 54.6 Å². The highest BCUT2D eigenvalue weighted by Gasteiger charge is 2.19. The lowest BCUT2D eigenvalue weighted by Gasteiger charge is -2.22. The third-order valence-electron chi connectivity index (χ3n) is 3.81. The van der Waals surface area contributed by atoms with Crippen LogP contribution in [0.2, 0.25) is 0 Å². The van der Waals surface area contributed by atoms with Crippen LogP contribution in [0.5, 0.6) is 5.75 Å². The summed E-state index contributed by atoms with van der Waals surface area (Å²) in [6.45, 7) is 0. The molecule has 0 bridgehead atoms. The molecule has 1 N–H and O–H groups in total.